The zero-order valence-electron chi connectivity index (χ0n) is 10.8. The fraction of sp³-hybridized carbons (Fsp3) is 0.167. The Labute approximate surface area is 117 Å². The van der Waals surface area contributed by atoms with E-state index in [1.165, 1.54) is 12.4 Å². The predicted octanol–water partition coefficient (Wildman–Crippen LogP) is 2.09. The molecule has 1 amide bonds. The number of hydrogen-bond acceptors (Lipinski definition) is 4. The number of carbonyl (C=O) groups is 1. The van der Waals surface area contributed by atoms with Crippen LogP contribution >= 0.6 is 0 Å². The zero-order valence-corrected chi connectivity index (χ0v) is 10.8. The summed E-state index contributed by atoms with van der Waals surface area (Å²) in [4.78, 5) is 21.3. The molecule has 0 saturated carbocycles. The van der Waals surface area contributed by atoms with Gasteiger partial charge in [-0.1, -0.05) is 0 Å². The largest absolute Gasteiger partial charge is 0.345 e. The number of nitrogens with one attached hydrogen (secondary N) is 2. The number of aromatic amines is 1. The molecule has 1 aromatic carbocycles. The van der Waals surface area contributed by atoms with Gasteiger partial charge in [0.25, 0.3) is 5.91 Å². The van der Waals surface area contributed by atoms with Gasteiger partial charge in [-0.3, -0.25) is 20.0 Å². The molecule has 0 aliphatic carbocycles. The van der Waals surface area contributed by atoms with Crippen LogP contribution in [0.25, 0.3) is 0 Å². The summed E-state index contributed by atoms with van der Waals surface area (Å²) in [6, 6.07) is 0.395. The number of halogens is 2. The van der Waals surface area contributed by atoms with E-state index < -0.39 is 39.8 Å². The van der Waals surface area contributed by atoms with Crippen LogP contribution in [0.1, 0.15) is 28.9 Å². The van der Waals surface area contributed by atoms with Crippen molar-refractivity contribution >= 4 is 11.6 Å². The zero-order chi connectivity index (χ0) is 15.6. The van der Waals surface area contributed by atoms with Crippen LogP contribution in [0.5, 0.6) is 0 Å². The molecule has 0 aliphatic heterocycles. The lowest BCUT2D eigenvalue weighted by atomic mass is 10.1. The molecule has 1 aromatic heterocycles. The van der Waals surface area contributed by atoms with Crippen molar-refractivity contribution < 1.29 is 18.5 Å². The maximum atomic E-state index is 13.7. The fourth-order valence-electron chi connectivity index (χ4n) is 1.71. The van der Waals surface area contributed by atoms with E-state index in [4.69, 9.17) is 0 Å². The van der Waals surface area contributed by atoms with Gasteiger partial charge < -0.3 is 5.32 Å². The number of nitro benzene ring substituents is 1. The third kappa shape index (κ3) is 3.02. The van der Waals surface area contributed by atoms with Crippen molar-refractivity contribution in [2.75, 3.05) is 0 Å². The van der Waals surface area contributed by atoms with Crippen molar-refractivity contribution in [3.05, 3.63) is 57.4 Å². The minimum atomic E-state index is -1.28. The molecule has 110 valence electrons. The Hall–Kier alpha value is -2.84. The van der Waals surface area contributed by atoms with Crippen molar-refractivity contribution in [1.82, 2.24) is 15.5 Å². The van der Waals surface area contributed by atoms with Crippen LogP contribution in [0, 0.1) is 21.7 Å². The smallest absolute Gasteiger partial charge is 0.307 e. The molecule has 21 heavy (non-hydrogen) atoms. The molecular formula is C12H10F2N4O3. The number of amides is 1. The minimum absolute atomic E-state index is 0.382. The number of nitro groups is 1. The molecular weight excluding hydrogens is 286 g/mol. The van der Waals surface area contributed by atoms with Gasteiger partial charge in [-0.2, -0.15) is 9.49 Å². The van der Waals surface area contributed by atoms with Crippen molar-refractivity contribution in [2.45, 2.75) is 13.0 Å². The van der Waals surface area contributed by atoms with E-state index in [2.05, 4.69) is 15.5 Å². The van der Waals surface area contributed by atoms with Crippen LogP contribution in [0.15, 0.2) is 24.5 Å². The Morgan fingerprint density at radius 2 is 2.14 bits per heavy atom. The summed E-state index contributed by atoms with van der Waals surface area (Å²) in [5.41, 5.74) is -0.980. The van der Waals surface area contributed by atoms with Crippen LogP contribution in [0.2, 0.25) is 0 Å². The van der Waals surface area contributed by atoms with E-state index in [1.807, 2.05) is 0 Å². The molecule has 0 radical (unpaired) electrons. The summed E-state index contributed by atoms with van der Waals surface area (Å²) in [7, 11) is 0. The SMILES string of the molecule is CC(NC(=O)c1cc(F)c([N+](=O)[O-])cc1F)c1cn[nH]c1. The van der Waals surface area contributed by atoms with Crippen LogP contribution < -0.4 is 5.32 Å². The molecule has 2 rings (SSSR count). The second kappa shape index (κ2) is 5.65. The summed E-state index contributed by atoms with van der Waals surface area (Å²) in [6.45, 7) is 1.63. The van der Waals surface area contributed by atoms with Gasteiger partial charge in [0.05, 0.1) is 28.8 Å². The third-order valence-corrected chi connectivity index (χ3v) is 2.84. The third-order valence-electron chi connectivity index (χ3n) is 2.84. The van der Waals surface area contributed by atoms with Gasteiger partial charge in [-0.25, -0.2) is 4.39 Å². The van der Waals surface area contributed by atoms with E-state index in [0.717, 1.165) is 0 Å². The molecule has 0 fully saturated rings. The van der Waals surface area contributed by atoms with E-state index in [9.17, 15) is 23.7 Å². The molecule has 2 N–H and O–H groups in total. The Bertz CT molecular complexity index is 688. The van der Waals surface area contributed by atoms with Gasteiger partial charge in [0.1, 0.15) is 5.82 Å². The van der Waals surface area contributed by atoms with E-state index >= 15 is 0 Å². The van der Waals surface area contributed by atoms with Crippen molar-refractivity contribution in [1.29, 1.82) is 0 Å². The highest BCUT2D eigenvalue weighted by molar-refractivity contribution is 5.95. The first-order chi connectivity index (χ1) is 9.90. The van der Waals surface area contributed by atoms with Crippen molar-refractivity contribution in [3.63, 3.8) is 0 Å². The number of nitrogens with zero attached hydrogens (tertiary/aromatic N) is 2. The van der Waals surface area contributed by atoms with Crippen molar-refractivity contribution in [2.24, 2.45) is 0 Å². The van der Waals surface area contributed by atoms with Crippen LogP contribution in [0.3, 0.4) is 0 Å². The Morgan fingerprint density at radius 3 is 2.71 bits per heavy atom. The van der Waals surface area contributed by atoms with E-state index in [1.54, 1.807) is 6.92 Å². The van der Waals surface area contributed by atoms with Gasteiger partial charge in [0.15, 0.2) is 0 Å². The molecule has 9 heteroatoms. The molecule has 0 saturated heterocycles. The van der Waals surface area contributed by atoms with Gasteiger partial charge in [0, 0.05) is 11.8 Å². The number of hydrogen-bond donors (Lipinski definition) is 2. The second-order valence-corrected chi connectivity index (χ2v) is 4.27. The average Bonchev–Trinajstić information content (AvgIpc) is 2.94. The van der Waals surface area contributed by atoms with Gasteiger partial charge in [0.2, 0.25) is 5.82 Å². The molecule has 1 unspecified atom stereocenters. The lowest BCUT2D eigenvalue weighted by molar-refractivity contribution is -0.387. The number of aromatic nitrogens is 2. The number of benzene rings is 1. The minimum Gasteiger partial charge on any atom is -0.345 e. The molecule has 1 atom stereocenters. The summed E-state index contributed by atoms with van der Waals surface area (Å²) < 4.78 is 27.1. The highest BCUT2D eigenvalue weighted by Crippen LogP contribution is 2.22. The molecule has 1 heterocycles. The topological polar surface area (TPSA) is 101 Å². The van der Waals surface area contributed by atoms with Gasteiger partial charge in [-0.05, 0) is 13.0 Å². The first-order valence-corrected chi connectivity index (χ1v) is 5.83. The standard InChI is InChI=1S/C12H10F2N4O3/c1-6(7-4-15-16-5-7)17-12(19)8-2-10(14)11(18(20)21)3-9(8)13/h2-6H,1H3,(H,15,16)(H,17,19). The lowest BCUT2D eigenvalue weighted by Crippen LogP contribution is -2.27. The summed E-state index contributed by atoms with van der Waals surface area (Å²) >= 11 is 0. The van der Waals surface area contributed by atoms with E-state index in [-0.39, 0.29) is 0 Å². The lowest BCUT2D eigenvalue weighted by Gasteiger charge is -2.12. The average molecular weight is 296 g/mol. The summed E-state index contributed by atoms with van der Waals surface area (Å²) in [5, 5.41) is 19.2. The monoisotopic (exact) mass is 296 g/mol. The Kier molecular flexibility index (Phi) is 3.92. The first-order valence-electron chi connectivity index (χ1n) is 5.83. The van der Waals surface area contributed by atoms with E-state index in [0.29, 0.717) is 17.7 Å². The van der Waals surface area contributed by atoms with Gasteiger partial charge in [-0.15, -0.1) is 0 Å². The normalized spacial score (nSPS) is 12.0. The fourth-order valence-corrected chi connectivity index (χ4v) is 1.71. The molecule has 2 aromatic rings. The number of rotatable bonds is 4. The number of carbonyl (C=O) groups excluding carboxylic acids is 1. The molecule has 0 bridgehead atoms. The Balaban J connectivity index is 2.24. The Morgan fingerprint density at radius 1 is 1.43 bits per heavy atom. The van der Waals surface area contributed by atoms with Crippen LogP contribution in [-0.2, 0) is 0 Å². The van der Waals surface area contributed by atoms with Gasteiger partial charge >= 0.3 is 5.69 Å². The predicted molar refractivity (Wildman–Crippen MR) is 67.5 cm³/mol. The molecule has 7 nitrogen and oxygen atoms in total. The van der Waals surface area contributed by atoms with Crippen LogP contribution in [0.4, 0.5) is 14.5 Å². The second-order valence-electron chi connectivity index (χ2n) is 4.27. The molecule has 0 spiro atoms. The maximum absolute atomic E-state index is 13.7. The molecule has 0 aliphatic rings. The summed E-state index contributed by atoms with van der Waals surface area (Å²) in [6.07, 6.45) is 3.01. The maximum Gasteiger partial charge on any atom is 0.307 e. The quantitative estimate of drug-likeness (QED) is 0.666. The number of H-pyrrole nitrogens is 1. The summed E-state index contributed by atoms with van der Waals surface area (Å²) in [5.74, 6) is -3.32. The highest BCUT2D eigenvalue weighted by atomic mass is 19.1. The highest BCUT2D eigenvalue weighted by Gasteiger charge is 2.23. The van der Waals surface area contributed by atoms with Crippen molar-refractivity contribution in [3.8, 4) is 0 Å². The van der Waals surface area contributed by atoms with Crippen LogP contribution in [-0.4, -0.2) is 21.0 Å². The first kappa shape index (κ1) is 14.6.